The Morgan fingerprint density at radius 3 is 2.68 bits per heavy atom. The zero-order chi connectivity index (χ0) is 17.8. The molecule has 5 heteroatoms. The van der Waals surface area contributed by atoms with Gasteiger partial charge in [0.25, 0.3) is 5.56 Å². The Labute approximate surface area is 145 Å². The van der Waals surface area contributed by atoms with E-state index in [9.17, 15) is 10.1 Å². The van der Waals surface area contributed by atoms with Crippen molar-refractivity contribution in [2.45, 2.75) is 13.3 Å². The zero-order valence-corrected chi connectivity index (χ0v) is 14.0. The number of benzene rings is 2. The van der Waals surface area contributed by atoms with E-state index in [-0.39, 0.29) is 11.4 Å². The van der Waals surface area contributed by atoms with Gasteiger partial charge in [0.15, 0.2) is 5.82 Å². The molecular weight excluding hydrogens is 314 g/mol. The molecule has 0 aliphatic rings. The third-order valence-corrected chi connectivity index (χ3v) is 3.98. The van der Waals surface area contributed by atoms with Crippen LogP contribution in [-0.4, -0.2) is 17.1 Å². The van der Waals surface area contributed by atoms with E-state index in [4.69, 9.17) is 4.74 Å². The maximum Gasteiger partial charge on any atom is 0.259 e. The summed E-state index contributed by atoms with van der Waals surface area (Å²) in [5, 5.41) is 10.0. The molecule has 0 radical (unpaired) electrons. The van der Waals surface area contributed by atoms with Gasteiger partial charge in [-0.1, -0.05) is 25.1 Å². The number of nitriles is 1. The average Bonchev–Trinajstić information content (AvgIpc) is 2.66. The predicted molar refractivity (Wildman–Crippen MR) is 98.2 cm³/mol. The van der Waals surface area contributed by atoms with Crippen molar-refractivity contribution < 1.29 is 4.74 Å². The average molecular weight is 331 g/mol. The molecule has 0 aliphatic heterocycles. The van der Waals surface area contributed by atoms with E-state index < -0.39 is 0 Å². The molecule has 0 spiro atoms. The minimum absolute atomic E-state index is 0.244. The smallest absolute Gasteiger partial charge is 0.259 e. The van der Waals surface area contributed by atoms with Crippen LogP contribution in [0.4, 0.5) is 0 Å². The molecule has 25 heavy (non-hydrogen) atoms. The largest absolute Gasteiger partial charge is 0.497 e. The number of ether oxygens (including phenoxy) is 1. The highest BCUT2D eigenvalue weighted by Crippen LogP contribution is 2.18. The summed E-state index contributed by atoms with van der Waals surface area (Å²) in [6, 6.07) is 15.0. The molecule has 0 aliphatic carbocycles. The summed E-state index contributed by atoms with van der Waals surface area (Å²) < 4.78 is 5.12. The molecule has 1 aromatic heterocycles. The van der Waals surface area contributed by atoms with Crippen LogP contribution in [0.15, 0.2) is 47.3 Å². The van der Waals surface area contributed by atoms with Gasteiger partial charge in [0, 0.05) is 0 Å². The lowest BCUT2D eigenvalue weighted by Gasteiger charge is -2.04. The summed E-state index contributed by atoms with van der Waals surface area (Å²) in [5.41, 5.74) is 2.52. The molecular formula is C20H17N3O2. The molecule has 3 rings (SSSR count). The maximum atomic E-state index is 12.4. The Bertz CT molecular complexity index is 1040. The highest BCUT2D eigenvalue weighted by Gasteiger charge is 2.09. The van der Waals surface area contributed by atoms with Gasteiger partial charge in [-0.15, -0.1) is 0 Å². The molecule has 0 bridgehead atoms. The lowest BCUT2D eigenvalue weighted by Crippen LogP contribution is -2.11. The van der Waals surface area contributed by atoms with Crippen molar-refractivity contribution in [2.24, 2.45) is 0 Å². The highest BCUT2D eigenvalue weighted by molar-refractivity contribution is 5.89. The first-order valence-corrected chi connectivity index (χ1v) is 7.93. The van der Waals surface area contributed by atoms with Crippen molar-refractivity contribution in [3.63, 3.8) is 0 Å². The number of rotatable bonds is 4. The van der Waals surface area contributed by atoms with Crippen LogP contribution in [-0.2, 0) is 6.42 Å². The molecule has 124 valence electrons. The minimum atomic E-state index is -0.244. The Balaban J connectivity index is 2.07. The predicted octanol–water partition coefficient (Wildman–Crippen LogP) is 3.56. The second-order valence-electron chi connectivity index (χ2n) is 5.56. The van der Waals surface area contributed by atoms with Crippen molar-refractivity contribution in [1.29, 1.82) is 5.26 Å². The summed E-state index contributed by atoms with van der Waals surface area (Å²) in [4.78, 5) is 19.5. The number of allylic oxidation sites excluding steroid dienone is 1. The van der Waals surface area contributed by atoms with E-state index in [0.29, 0.717) is 16.5 Å². The van der Waals surface area contributed by atoms with Crippen LogP contribution >= 0.6 is 0 Å². The Hall–Kier alpha value is -3.39. The number of nitrogens with zero attached hydrogens (tertiary/aromatic N) is 2. The molecule has 0 unspecified atom stereocenters. The van der Waals surface area contributed by atoms with Gasteiger partial charge < -0.3 is 9.72 Å². The molecule has 0 amide bonds. The van der Waals surface area contributed by atoms with Gasteiger partial charge in [0.2, 0.25) is 0 Å². The van der Waals surface area contributed by atoms with Gasteiger partial charge in [0.1, 0.15) is 11.8 Å². The van der Waals surface area contributed by atoms with Crippen molar-refractivity contribution >= 4 is 22.6 Å². The Morgan fingerprint density at radius 2 is 2.04 bits per heavy atom. The first-order valence-electron chi connectivity index (χ1n) is 7.93. The van der Waals surface area contributed by atoms with Gasteiger partial charge in [-0.25, -0.2) is 4.98 Å². The fourth-order valence-corrected chi connectivity index (χ4v) is 2.55. The third-order valence-electron chi connectivity index (χ3n) is 3.98. The molecule has 1 heterocycles. The molecule has 1 N–H and O–H groups in total. The number of aryl methyl sites for hydroxylation is 1. The number of aromatic nitrogens is 2. The van der Waals surface area contributed by atoms with Crippen LogP contribution in [0.3, 0.4) is 0 Å². The van der Waals surface area contributed by atoms with Gasteiger partial charge in [0.05, 0.1) is 23.6 Å². The number of hydrogen-bond donors (Lipinski definition) is 1. The van der Waals surface area contributed by atoms with Crippen LogP contribution in [0.5, 0.6) is 5.75 Å². The van der Waals surface area contributed by atoms with Gasteiger partial charge in [-0.3, -0.25) is 4.79 Å². The van der Waals surface area contributed by atoms with E-state index >= 15 is 0 Å². The summed E-state index contributed by atoms with van der Waals surface area (Å²) >= 11 is 0. The first kappa shape index (κ1) is 16.5. The van der Waals surface area contributed by atoms with Crippen LogP contribution in [0.2, 0.25) is 0 Å². The molecule has 0 saturated heterocycles. The van der Waals surface area contributed by atoms with E-state index in [0.717, 1.165) is 23.3 Å². The number of aromatic amines is 1. The minimum Gasteiger partial charge on any atom is -0.497 e. The number of methoxy groups -OCH3 is 1. The number of fused-ring (bicyclic) bond motifs is 1. The second-order valence-corrected chi connectivity index (χ2v) is 5.56. The summed E-state index contributed by atoms with van der Waals surface area (Å²) in [7, 11) is 1.60. The Morgan fingerprint density at radius 1 is 1.28 bits per heavy atom. The zero-order valence-electron chi connectivity index (χ0n) is 14.0. The van der Waals surface area contributed by atoms with Gasteiger partial charge >= 0.3 is 0 Å². The number of H-pyrrole nitrogens is 1. The molecule has 0 saturated carbocycles. The van der Waals surface area contributed by atoms with Crippen molar-refractivity contribution in [2.75, 3.05) is 7.11 Å². The van der Waals surface area contributed by atoms with Crippen LogP contribution in [0, 0.1) is 11.3 Å². The van der Waals surface area contributed by atoms with E-state index in [1.165, 1.54) is 0 Å². The summed E-state index contributed by atoms with van der Waals surface area (Å²) in [5.74, 6) is 1.000. The molecule has 0 atom stereocenters. The topological polar surface area (TPSA) is 78.8 Å². The van der Waals surface area contributed by atoms with Crippen LogP contribution in [0.25, 0.3) is 22.6 Å². The summed E-state index contributed by atoms with van der Waals surface area (Å²) in [6.45, 7) is 2.03. The van der Waals surface area contributed by atoms with Crippen molar-refractivity contribution in [1.82, 2.24) is 9.97 Å². The van der Waals surface area contributed by atoms with Crippen molar-refractivity contribution in [3.8, 4) is 11.8 Å². The summed E-state index contributed by atoms with van der Waals surface area (Å²) in [6.07, 6.45) is 2.53. The van der Waals surface area contributed by atoms with Crippen LogP contribution < -0.4 is 10.3 Å². The SMILES string of the molecule is CCc1ccc2nc(/C(C#N)=C/c3ccc(OC)cc3)[nH]c(=O)c2c1. The molecule has 5 nitrogen and oxygen atoms in total. The quantitative estimate of drug-likeness (QED) is 0.741. The number of nitrogens with one attached hydrogen (secondary N) is 1. The molecule has 2 aromatic carbocycles. The van der Waals surface area contributed by atoms with Crippen molar-refractivity contribution in [3.05, 3.63) is 69.8 Å². The standard InChI is InChI=1S/C20H17N3O2/c1-3-13-6-9-18-17(11-13)20(24)23-19(22-18)15(12-21)10-14-4-7-16(25-2)8-5-14/h4-11H,3H2,1-2H3,(H,22,23,24)/b15-10+. The van der Waals surface area contributed by atoms with E-state index in [1.807, 2.05) is 49.4 Å². The lowest BCUT2D eigenvalue weighted by atomic mass is 10.1. The van der Waals surface area contributed by atoms with Crippen LogP contribution in [0.1, 0.15) is 23.9 Å². The van der Waals surface area contributed by atoms with E-state index in [2.05, 4.69) is 16.0 Å². The third kappa shape index (κ3) is 3.43. The monoisotopic (exact) mass is 331 g/mol. The fourth-order valence-electron chi connectivity index (χ4n) is 2.55. The first-order chi connectivity index (χ1) is 12.1. The second kappa shape index (κ2) is 7.02. The number of hydrogen-bond acceptors (Lipinski definition) is 4. The normalized spacial score (nSPS) is 11.3. The van der Waals surface area contributed by atoms with E-state index in [1.54, 1.807) is 13.2 Å². The maximum absolute atomic E-state index is 12.4. The lowest BCUT2D eigenvalue weighted by molar-refractivity contribution is 0.415. The molecule has 3 aromatic rings. The Kier molecular flexibility index (Phi) is 4.62. The van der Waals surface area contributed by atoms with Gasteiger partial charge in [-0.2, -0.15) is 5.26 Å². The van der Waals surface area contributed by atoms with Gasteiger partial charge in [-0.05, 0) is 47.9 Å². The fraction of sp³-hybridized carbons (Fsp3) is 0.150. The molecule has 0 fully saturated rings. The highest BCUT2D eigenvalue weighted by atomic mass is 16.5.